The highest BCUT2D eigenvalue weighted by Gasteiger charge is 2.36. The van der Waals surface area contributed by atoms with Crippen LogP contribution in [-0.4, -0.2) is 18.4 Å². The van der Waals surface area contributed by atoms with Crippen molar-refractivity contribution in [2.75, 3.05) is 16.8 Å². The van der Waals surface area contributed by atoms with E-state index in [4.69, 9.17) is 0 Å². The van der Waals surface area contributed by atoms with Crippen LogP contribution in [0.2, 0.25) is 0 Å². The van der Waals surface area contributed by atoms with Crippen LogP contribution in [-0.2, 0) is 9.59 Å². The third kappa shape index (κ3) is 3.33. The molecule has 1 aliphatic rings. The van der Waals surface area contributed by atoms with E-state index in [-0.39, 0.29) is 30.5 Å². The quantitative estimate of drug-likeness (QED) is 0.863. The van der Waals surface area contributed by atoms with Crippen molar-refractivity contribution in [3.8, 4) is 0 Å². The third-order valence-corrected chi connectivity index (χ3v) is 4.71. The van der Waals surface area contributed by atoms with E-state index in [1.165, 1.54) is 11.0 Å². The molecule has 3 rings (SSSR count). The maximum atomic E-state index is 14.1. The SMILES string of the molecule is Cc1ccc(N2CC(C(=O)Nc3ccccc3Br)CC2=O)c(F)c1. The number of carbonyl (C=O) groups excluding carboxylic acids is 2. The lowest BCUT2D eigenvalue weighted by Gasteiger charge is -2.18. The molecule has 4 nitrogen and oxygen atoms in total. The summed E-state index contributed by atoms with van der Waals surface area (Å²) in [5.74, 6) is -1.45. The minimum Gasteiger partial charge on any atom is -0.325 e. The van der Waals surface area contributed by atoms with Crippen molar-refractivity contribution in [2.45, 2.75) is 13.3 Å². The fourth-order valence-electron chi connectivity index (χ4n) is 2.74. The van der Waals surface area contributed by atoms with Gasteiger partial charge in [0.25, 0.3) is 0 Å². The molecule has 1 aliphatic heterocycles. The molecular weight excluding hydrogens is 375 g/mol. The lowest BCUT2D eigenvalue weighted by atomic mass is 10.1. The first-order valence-electron chi connectivity index (χ1n) is 7.57. The number of nitrogens with zero attached hydrogens (tertiary/aromatic N) is 1. The smallest absolute Gasteiger partial charge is 0.229 e. The van der Waals surface area contributed by atoms with Crippen LogP contribution in [0.4, 0.5) is 15.8 Å². The number of carbonyl (C=O) groups is 2. The topological polar surface area (TPSA) is 49.4 Å². The largest absolute Gasteiger partial charge is 0.325 e. The molecule has 0 aromatic heterocycles. The summed E-state index contributed by atoms with van der Waals surface area (Å²) in [4.78, 5) is 26.0. The molecule has 0 saturated carbocycles. The molecule has 1 atom stereocenters. The highest BCUT2D eigenvalue weighted by atomic mass is 79.9. The van der Waals surface area contributed by atoms with E-state index in [1.54, 1.807) is 25.1 Å². The van der Waals surface area contributed by atoms with E-state index in [9.17, 15) is 14.0 Å². The number of halogens is 2. The van der Waals surface area contributed by atoms with Crippen molar-refractivity contribution in [2.24, 2.45) is 5.92 Å². The number of aryl methyl sites for hydroxylation is 1. The van der Waals surface area contributed by atoms with Gasteiger partial charge in [0.15, 0.2) is 0 Å². The van der Waals surface area contributed by atoms with Crippen molar-refractivity contribution in [3.05, 3.63) is 58.3 Å². The molecule has 0 bridgehead atoms. The lowest BCUT2D eigenvalue weighted by Crippen LogP contribution is -2.28. The number of amides is 2. The van der Waals surface area contributed by atoms with Gasteiger partial charge in [0.2, 0.25) is 11.8 Å². The monoisotopic (exact) mass is 390 g/mol. The van der Waals surface area contributed by atoms with Gasteiger partial charge in [-0.3, -0.25) is 9.59 Å². The molecule has 1 unspecified atom stereocenters. The van der Waals surface area contributed by atoms with Crippen molar-refractivity contribution < 1.29 is 14.0 Å². The van der Waals surface area contributed by atoms with E-state index in [1.807, 2.05) is 18.2 Å². The Bertz CT molecular complexity index is 809. The molecule has 2 amide bonds. The van der Waals surface area contributed by atoms with E-state index in [0.717, 1.165) is 10.0 Å². The third-order valence-electron chi connectivity index (χ3n) is 4.02. The molecule has 1 saturated heterocycles. The highest BCUT2D eigenvalue weighted by molar-refractivity contribution is 9.10. The van der Waals surface area contributed by atoms with Gasteiger partial charge < -0.3 is 10.2 Å². The minimum atomic E-state index is -0.509. The number of hydrogen-bond acceptors (Lipinski definition) is 2. The summed E-state index contributed by atoms with van der Waals surface area (Å²) in [6, 6.07) is 12.0. The van der Waals surface area contributed by atoms with Gasteiger partial charge in [-0.05, 0) is 52.7 Å². The molecular formula is C18H16BrFN2O2. The number of hydrogen-bond donors (Lipinski definition) is 1. The van der Waals surface area contributed by atoms with E-state index in [0.29, 0.717) is 5.69 Å². The molecule has 24 heavy (non-hydrogen) atoms. The molecule has 0 aliphatic carbocycles. The normalized spacial score (nSPS) is 17.2. The number of benzene rings is 2. The average molecular weight is 391 g/mol. The predicted octanol–water partition coefficient (Wildman–Crippen LogP) is 3.89. The zero-order valence-corrected chi connectivity index (χ0v) is 14.6. The van der Waals surface area contributed by atoms with Gasteiger partial charge in [-0.25, -0.2) is 4.39 Å². The summed E-state index contributed by atoms with van der Waals surface area (Å²) >= 11 is 3.37. The molecule has 1 N–H and O–H groups in total. The maximum Gasteiger partial charge on any atom is 0.229 e. The van der Waals surface area contributed by atoms with Crippen LogP contribution in [0.3, 0.4) is 0 Å². The van der Waals surface area contributed by atoms with Crippen molar-refractivity contribution >= 4 is 39.1 Å². The van der Waals surface area contributed by atoms with Gasteiger partial charge in [-0.15, -0.1) is 0 Å². The van der Waals surface area contributed by atoms with Gasteiger partial charge >= 0.3 is 0 Å². The van der Waals surface area contributed by atoms with Gasteiger partial charge in [-0.2, -0.15) is 0 Å². The van der Waals surface area contributed by atoms with Crippen LogP contribution in [0.5, 0.6) is 0 Å². The standard InChI is InChI=1S/C18H16BrFN2O2/c1-11-6-7-16(14(20)8-11)22-10-12(9-17(22)23)18(24)21-15-5-3-2-4-13(15)19/h2-8,12H,9-10H2,1H3,(H,21,24). The summed E-state index contributed by atoms with van der Waals surface area (Å²) in [6.07, 6.45) is 0.0730. The summed E-state index contributed by atoms with van der Waals surface area (Å²) in [6.45, 7) is 1.96. The summed E-state index contributed by atoms with van der Waals surface area (Å²) in [5.41, 5.74) is 1.66. The summed E-state index contributed by atoms with van der Waals surface area (Å²) in [5, 5.41) is 2.81. The fraction of sp³-hybridized carbons (Fsp3) is 0.222. The molecule has 2 aromatic rings. The zero-order valence-electron chi connectivity index (χ0n) is 13.1. The van der Waals surface area contributed by atoms with Crippen LogP contribution in [0, 0.1) is 18.7 Å². The van der Waals surface area contributed by atoms with Gasteiger partial charge in [0.1, 0.15) is 5.82 Å². The first-order chi connectivity index (χ1) is 11.5. The van der Waals surface area contributed by atoms with Crippen LogP contribution in [0.1, 0.15) is 12.0 Å². The van der Waals surface area contributed by atoms with Gasteiger partial charge in [-0.1, -0.05) is 18.2 Å². The number of rotatable bonds is 3. The van der Waals surface area contributed by atoms with Crippen LogP contribution in [0.15, 0.2) is 46.9 Å². The Labute approximate surface area is 147 Å². The van der Waals surface area contributed by atoms with Crippen molar-refractivity contribution in [1.82, 2.24) is 0 Å². The molecule has 1 fully saturated rings. The van der Waals surface area contributed by atoms with Crippen LogP contribution >= 0.6 is 15.9 Å². The van der Waals surface area contributed by atoms with Crippen LogP contribution < -0.4 is 10.2 Å². The Balaban J connectivity index is 1.74. The van der Waals surface area contributed by atoms with Crippen LogP contribution in [0.25, 0.3) is 0 Å². The second-order valence-corrected chi connectivity index (χ2v) is 6.68. The first-order valence-corrected chi connectivity index (χ1v) is 8.37. The number of anilines is 2. The Kier molecular flexibility index (Phi) is 4.66. The van der Waals surface area contributed by atoms with Crippen molar-refractivity contribution in [1.29, 1.82) is 0 Å². The minimum absolute atomic E-state index is 0.0730. The Morgan fingerprint density at radius 1 is 1.29 bits per heavy atom. The van der Waals surface area contributed by atoms with E-state index in [2.05, 4.69) is 21.2 Å². The number of nitrogens with one attached hydrogen (secondary N) is 1. The molecule has 0 spiro atoms. The second-order valence-electron chi connectivity index (χ2n) is 5.83. The molecule has 124 valence electrons. The Morgan fingerprint density at radius 3 is 2.75 bits per heavy atom. The Morgan fingerprint density at radius 2 is 2.04 bits per heavy atom. The van der Waals surface area contributed by atoms with Gasteiger partial charge in [0, 0.05) is 17.4 Å². The van der Waals surface area contributed by atoms with E-state index < -0.39 is 11.7 Å². The molecule has 1 heterocycles. The number of para-hydroxylation sites is 1. The fourth-order valence-corrected chi connectivity index (χ4v) is 3.13. The van der Waals surface area contributed by atoms with Crippen molar-refractivity contribution in [3.63, 3.8) is 0 Å². The first kappa shape index (κ1) is 16.6. The maximum absolute atomic E-state index is 14.1. The summed E-state index contributed by atoms with van der Waals surface area (Å²) < 4.78 is 14.9. The second kappa shape index (κ2) is 6.73. The Hall–Kier alpha value is -2.21. The molecule has 2 aromatic carbocycles. The van der Waals surface area contributed by atoms with E-state index >= 15 is 0 Å². The zero-order chi connectivity index (χ0) is 17.3. The lowest BCUT2D eigenvalue weighted by molar-refractivity contribution is -0.122. The van der Waals surface area contributed by atoms with Gasteiger partial charge in [0.05, 0.1) is 17.3 Å². The molecule has 6 heteroatoms. The predicted molar refractivity (Wildman–Crippen MR) is 94.4 cm³/mol. The summed E-state index contributed by atoms with van der Waals surface area (Å²) in [7, 11) is 0. The molecule has 0 radical (unpaired) electrons. The average Bonchev–Trinajstić information content (AvgIpc) is 2.91. The highest BCUT2D eigenvalue weighted by Crippen LogP contribution is 2.29.